The van der Waals surface area contributed by atoms with Gasteiger partial charge in [0.05, 0.1) is 6.07 Å². The van der Waals surface area contributed by atoms with Crippen molar-refractivity contribution in [2.45, 2.75) is 0 Å². The van der Waals surface area contributed by atoms with Gasteiger partial charge in [0.25, 0.3) is 0 Å². The molecule has 0 aliphatic rings. The lowest BCUT2D eigenvalue weighted by atomic mass is 10.3. The highest BCUT2D eigenvalue weighted by atomic mass is 32.1. The van der Waals surface area contributed by atoms with E-state index in [1.165, 1.54) is 6.07 Å². The molecule has 9 heteroatoms. The van der Waals surface area contributed by atoms with Gasteiger partial charge in [-0.3, -0.25) is 25.8 Å². The normalized spacial score (nSPS) is 9.71. The Bertz CT molecular complexity index is 671. The highest BCUT2D eigenvalue weighted by molar-refractivity contribution is 7.80. The summed E-state index contributed by atoms with van der Waals surface area (Å²) in [5.41, 5.74) is 5.47. The minimum absolute atomic E-state index is 0.163. The molecule has 21 heavy (non-hydrogen) atoms. The van der Waals surface area contributed by atoms with Crippen molar-refractivity contribution in [2.75, 3.05) is 5.32 Å². The number of furan rings is 1. The predicted octanol–water partition coefficient (Wildman–Crippen LogP) is 1.82. The van der Waals surface area contributed by atoms with E-state index in [-0.39, 0.29) is 10.9 Å². The van der Waals surface area contributed by atoms with Crippen molar-refractivity contribution in [3.63, 3.8) is 0 Å². The number of thiocarbonyl (C=S) groups is 1. The molecule has 0 radical (unpaired) electrons. The minimum Gasteiger partial charge on any atom is -0.395 e. The van der Waals surface area contributed by atoms with Gasteiger partial charge in [0.1, 0.15) is 4.92 Å². The first-order valence-electron chi connectivity index (χ1n) is 5.73. The van der Waals surface area contributed by atoms with E-state index in [2.05, 4.69) is 16.2 Å². The lowest BCUT2D eigenvalue weighted by Crippen LogP contribution is -2.43. The quantitative estimate of drug-likeness (QED) is 0.451. The highest BCUT2D eigenvalue weighted by Crippen LogP contribution is 2.15. The van der Waals surface area contributed by atoms with Crippen molar-refractivity contribution in [2.24, 2.45) is 0 Å². The number of rotatable bonds is 3. The van der Waals surface area contributed by atoms with Crippen LogP contribution in [0.5, 0.6) is 0 Å². The van der Waals surface area contributed by atoms with E-state index in [0.717, 1.165) is 11.8 Å². The van der Waals surface area contributed by atoms with Gasteiger partial charge in [-0.25, -0.2) is 0 Å². The van der Waals surface area contributed by atoms with Crippen molar-refractivity contribution >= 4 is 34.8 Å². The summed E-state index contributed by atoms with van der Waals surface area (Å²) in [6, 6.07) is 11.4. The first kappa shape index (κ1) is 14.5. The Morgan fingerprint density at radius 1 is 1.14 bits per heavy atom. The number of carbonyl (C=O) groups excluding carboxylic acids is 1. The van der Waals surface area contributed by atoms with Gasteiger partial charge in [0.15, 0.2) is 5.11 Å². The van der Waals surface area contributed by atoms with Gasteiger partial charge in [-0.05, 0) is 30.4 Å². The summed E-state index contributed by atoms with van der Waals surface area (Å²) in [6.07, 6.45) is 0. The van der Waals surface area contributed by atoms with Crippen LogP contribution in [0.3, 0.4) is 0 Å². The summed E-state index contributed by atoms with van der Waals surface area (Å²) < 4.78 is 4.74. The number of hydrogen-bond acceptors (Lipinski definition) is 5. The second-order valence-corrected chi connectivity index (χ2v) is 4.20. The monoisotopic (exact) mass is 306 g/mol. The molecule has 2 rings (SSSR count). The molecular weight excluding hydrogens is 296 g/mol. The van der Waals surface area contributed by atoms with Crippen LogP contribution in [0, 0.1) is 10.1 Å². The van der Waals surface area contributed by atoms with E-state index in [9.17, 15) is 14.9 Å². The SMILES string of the molecule is O=C(NNC(=S)Nc1ccccc1)c1ccc([N+](=O)[O-])o1. The maximum atomic E-state index is 11.7. The number of carbonyl (C=O) groups is 1. The molecule has 0 unspecified atom stereocenters. The fourth-order valence-corrected chi connectivity index (χ4v) is 1.58. The second-order valence-electron chi connectivity index (χ2n) is 3.79. The van der Waals surface area contributed by atoms with E-state index in [1.807, 2.05) is 18.2 Å². The second kappa shape index (κ2) is 6.48. The summed E-state index contributed by atoms with van der Waals surface area (Å²) in [7, 11) is 0. The lowest BCUT2D eigenvalue weighted by Gasteiger charge is -2.10. The standard InChI is InChI=1S/C12H10N4O4S/c17-11(9-6-7-10(20-9)16(18)19)14-15-12(21)13-8-4-2-1-3-5-8/h1-7H,(H,14,17)(H2,13,15,21). The summed E-state index contributed by atoms with van der Waals surface area (Å²) in [6.45, 7) is 0. The first-order chi connectivity index (χ1) is 10.1. The zero-order chi connectivity index (χ0) is 15.2. The Balaban J connectivity index is 1.85. The molecule has 1 amide bonds. The third-order valence-electron chi connectivity index (χ3n) is 2.32. The van der Waals surface area contributed by atoms with Crippen LogP contribution < -0.4 is 16.2 Å². The number of nitrogens with one attached hydrogen (secondary N) is 3. The van der Waals surface area contributed by atoms with Gasteiger partial charge in [-0.2, -0.15) is 0 Å². The van der Waals surface area contributed by atoms with Crippen molar-refractivity contribution in [1.29, 1.82) is 0 Å². The largest absolute Gasteiger partial charge is 0.433 e. The summed E-state index contributed by atoms with van der Waals surface area (Å²) >= 11 is 4.98. The van der Waals surface area contributed by atoms with Gasteiger partial charge < -0.3 is 9.73 Å². The molecule has 0 spiro atoms. The number of hydrogen-bond donors (Lipinski definition) is 3. The predicted molar refractivity (Wildman–Crippen MR) is 78.6 cm³/mol. The number of nitrogens with zero attached hydrogens (tertiary/aromatic N) is 1. The highest BCUT2D eigenvalue weighted by Gasteiger charge is 2.17. The number of para-hydroxylation sites is 1. The maximum absolute atomic E-state index is 11.7. The van der Waals surface area contributed by atoms with E-state index < -0.39 is 16.7 Å². The molecule has 1 aromatic carbocycles. The van der Waals surface area contributed by atoms with E-state index >= 15 is 0 Å². The average molecular weight is 306 g/mol. The molecule has 0 aliphatic carbocycles. The Morgan fingerprint density at radius 3 is 2.48 bits per heavy atom. The molecular formula is C12H10N4O4S. The summed E-state index contributed by atoms with van der Waals surface area (Å²) in [4.78, 5) is 21.4. The molecule has 0 saturated heterocycles. The van der Waals surface area contributed by atoms with Crippen molar-refractivity contribution < 1.29 is 14.1 Å². The maximum Gasteiger partial charge on any atom is 0.433 e. The summed E-state index contributed by atoms with van der Waals surface area (Å²) in [5, 5.41) is 13.4. The smallest absolute Gasteiger partial charge is 0.395 e. The van der Waals surface area contributed by atoms with Crippen LogP contribution >= 0.6 is 12.2 Å². The Kier molecular flexibility index (Phi) is 4.46. The van der Waals surface area contributed by atoms with Crippen molar-refractivity contribution in [1.82, 2.24) is 10.9 Å². The van der Waals surface area contributed by atoms with Crippen LogP contribution in [-0.4, -0.2) is 15.9 Å². The molecule has 0 atom stereocenters. The molecule has 2 aromatic rings. The molecule has 1 heterocycles. The molecule has 1 aromatic heterocycles. The minimum atomic E-state index is -0.730. The molecule has 0 saturated carbocycles. The fourth-order valence-electron chi connectivity index (χ4n) is 1.41. The average Bonchev–Trinajstić information content (AvgIpc) is 2.96. The first-order valence-corrected chi connectivity index (χ1v) is 6.13. The zero-order valence-electron chi connectivity index (χ0n) is 10.5. The van der Waals surface area contributed by atoms with E-state index in [4.69, 9.17) is 16.6 Å². The topological polar surface area (TPSA) is 109 Å². The van der Waals surface area contributed by atoms with Crippen LogP contribution in [0.15, 0.2) is 46.9 Å². The molecule has 8 nitrogen and oxygen atoms in total. The number of amides is 1. The Hall–Kier alpha value is -2.94. The van der Waals surface area contributed by atoms with Gasteiger partial charge in [-0.15, -0.1) is 0 Å². The van der Waals surface area contributed by atoms with E-state index in [1.54, 1.807) is 12.1 Å². The molecule has 0 fully saturated rings. The molecule has 3 N–H and O–H groups in total. The third-order valence-corrected chi connectivity index (χ3v) is 2.52. The molecule has 108 valence electrons. The van der Waals surface area contributed by atoms with Crippen LogP contribution in [-0.2, 0) is 0 Å². The van der Waals surface area contributed by atoms with Crippen LogP contribution in [0.25, 0.3) is 0 Å². The molecule has 0 aliphatic heterocycles. The number of benzene rings is 1. The van der Waals surface area contributed by atoms with Crippen LogP contribution in [0.4, 0.5) is 11.6 Å². The van der Waals surface area contributed by atoms with Gasteiger partial charge in [-0.1, -0.05) is 18.2 Å². The Labute approximate surface area is 124 Å². The zero-order valence-corrected chi connectivity index (χ0v) is 11.3. The number of hydrazine groups is 1. The van der Waals surface area contributed by atoms with Crippen LogP contribution in [0.1, 0.15) is 10.6 Å². The third kappa shape index (κ3) is 4.01. The Morgan fingerprint density at radius 2 is 1.86 bits per heavy atom. The van der Waals surface area contributed by atoms with E-state index in [0.29, 0.717) is 0 Å². The van der Waals surface area contributed by atoms with Gasteiger partial charge in [0.2, 0.25) is 5.76 Å². The van der Waals surface area contributed by atoms with Gasteiger partial charge in [0, 0.05) is 5.69 Å². The summed E-state index contributed by atoms with van der Waals surface area (Å²) in [5.74, 6) is -1.39. The van der Waals surface area contributed by atoms with Gasteiger partial charge >= 0.3 is 11.8 Å². The lowest BCUT2D eigenvalue weighted by molar-refractivity contribution is -0.402. The van der Waals surface area contributed by atoms with Crippen molar-refractivity contribution in [3.05, 3.63) is 58.3 Å². The van der Waals surface area contributed by atoms with Crippen LogP contribution in [0.2, 0.25) is 0 Å². The van der Waals surface area contributed by atoms with Crippen molar-refractivity contribution in [3.8, 4) is 0 Å². The number of anilines is 1. The molecule has 0 bridgehead atoms. The number of nitro groups is 1. The fraction of sp³-hybridized carbons (Fsp3) is 0.